The highest BCUT2D eigenvalue weighted by molar-refractivity contribution is 9.10. The minimum Gasteiger partial charge on any atom is -0.324 e. The second kappa shape index (κ2) is 7.39. The minimum atomic E-state index is -4.68. The van der Waals surface area contributed by atoms with Crippen molar-refractivity contribution >= 4 is 27.5 Å². The van der Waals surface area contributed by atoms with E-state index in [1.165, 1.54) is 41.5 Å². The van der Waals surface area contributed by atoms with Crippen LogP contribution in [0.2, 0.25) is 0 Å². The molecule has 0 aliphatic heterocycles. The van der Waals surface area contributed by atoms with Gasteiger partial charge in [-0.25, -0.2) is 4.68 Å². The van der Waals surface area contributed by atoms with Crippen molar-refractivity contribution in [3.63, 3.8) is 0 Å². The molecule has 27 heavy (non-hydrogen) atoms. The molecular weight excluding hydrogens is 429 g/mol. The lowest BCUT2D eigenvalue weighted by Crippen LogP contribution is -2.27. The molecule has 3 rings (SSSR count). The maximum absolute atomic E-state index is 13.4. The highest BCUT2D eigenvalue weighted by Crippen LogP contribution is 2.36. The van der Waals surface area contributed by atoms with Crippen molar-refractivity contribution in [2.45, 2.75) is 12.7 Å². The van der Waals surface area contributed by atoms with Crippen LogP contribution in [0.4, 0.5) is 18.9 Å². The normalized spacial score (nSPS) is 11.4. The first-order valence-electron chi connectivity index (χ1n) is 7.61. The lowest BCUT2D eigenvalue weighted by molar-refractivity contribution is -0.137. The Hall–Kier alpha value is -2.88. The molecule has 3 aromatic rings. The van der Waals surface area contributed by atoms with Crippen LogP contribution in [0.5, 0.6) is 0 Å². The van der Waals surface area contributed by atoms with E-state index in [1.807, 2.05) is 0 Å². The van der Waals surface area contributed by atoms with Gasteiger partial charge >= 0.3 is 6.18 Å². The Morgan fingerprint density at radius 2 is 2.00 bits per heavy atom. The lowest BCUT2D eigenvalue weighted by Gasteiger charge is -2.16. The summed E-state index contributed by atoms with van der Waals surface area (Å²) in [7, 11) is 0. The molecule has 1 N–H and O–H groups in total. The molecule has 0 radical (unpaired) electrons. The molecule has 0 aliphatic rings. The van der Waals surface area contributed by atoms with Gasteiger partial charge in [0.15, 0.2) is 0 Å². The SMILES string of the molecule is O=C(Cn1cc(Br)ccc1=O)Nc1ccc(-n2cccn2)cc1C(F)(F)F. The molecule has 1 amide bonds. The third-order valence-corrected chi connectivity index (χ3v) is 4.08. The molecule has 140 valence electrons. The van der Waals surface area contributed by atoms with Crippen LogP contribution in [0, 0.1) is 0 Å². The van der Waals surface area contributed by atoms with Crippen LogP contribution in [0.3, 0.4) is 0 Å². The van der Waals surface area contributed by atoms with Crippen molar-refractivity contribution in [1.29, 1.82) is 0 Å². The standard InChI is InChI=1S/C17H12BrF3N4O2/c18-11-2-5-16(27)24(9-11)10-15(26)23-14-4-3-12(25-7-1-6-22-25)8-13(14)17(19,20)21/h1-9H,10H2,(H,23,26). The van der Waals surface area contributed by atoms with Gasteiger partial charge in [-0.2, -0.15) is 18.3 Å². The average Bonchev–Trinajstić information content (AvgIpc) is 3.12. The maximum Gasteiger partial charge on any atom is 0.418 e. The third-order valence-electron chi connectivity index (χ3n) is 3.61. The first-order valence-corrected chi connectivity index (χ1v) is 8.40. The fourth-order valence-electron chi connectivity index (χ4n) is 2.41. The number of benzene rings is 1. The van der Waals surface area contributed by atoms with Crippen molar-refractivity contribution in [2.24, 2.45) is 0 Å². The van der Waals surface area contributed by atoms with E-state index in [0.29, 0.717) is 4.47 Å². The summed E-state index contributed by atoms with van der Waals surface area (Å²) in [5, 5.41) is 6.11. The maximum atomic E-state index is 13.4. The fraction of sp³-hybridized carbons (Fsp3) is 0.118. The van der Waals surface area contributed by atoms with Gasteiger partial charge in [0.05, 0.1) is 16.9 Å². The summed E-state index contributed by atoms with van der Waals surface area (Å²) >= 11 is 3.17. The molecular formula is C17H12BrF3N4O2. The number of hydrogen-bond donors (Lipinski definition) is 1. The molecule has 0 saturated carbocycles. The van der Waals surface area contributed by atoms with Gasteiger partial charge in [-0.15, -0.1) is 0 Å². The summed E-state index contributed by atoms with van der Waals surface area (Å²) < 4.78 is 43.2. The largest absolute Gasteiger partial charge is 0.418 e. The number of carbonyl (C=O) groups excluding carboxylic acids is 1. The quantitative estimate of drug-likeness (QED) is 0.675. The summed E-state index contributed by atoms with van der Waals surface area (Å²) in [5.74, 6) is -0.757. The zero-order valence-electron chi connectivity index (χ0n) is 13.6. The van der Waals surface area contributed by atoms with Crippen LogP contribution in [0.25, 0.3) is 5.69 Å². The number of rotatable bonds is 4. The van der Waals surface area contributed by atoms with E-state index in [1.54, 1.807) is 6.07 Å². The monoisotopic (exact) mass is 440 g/mol. The molecule has 0 saturated heterocycles. The Bertz CT molecular complexity index is 1030. The number of anilines is 1. The minimum absolute atomic E-state index is 0.202. The number of amides is 1. The number of hydrogen-bond acceptors (Lipinski definition) is 3. The number of halogens is 4. The summed E-state index contributed by atoms with van der Waals surface area (Å²) in [5.41, 5.74) is -1.65. The molecule has 1 aromatic carbocycles. The van der Waals surface area contributed by atoms with Gasteiger partial charge in [0.1, 0.15) is 6.54 Å². The first-order chi connectivity index (χ1) is 12.7. The number of nitrogens with one attached hydrogen (secondary N) is 1. The predicted molar refractivity (Wildman–Crippen MR) is 95.6 cm³/mol. The topological polar surface area (TPSA) is 68.9 Å². The van der Waals surface area contributed by atoms with Crippen LogP contribution in [0.1, 0.15) is 5.56 Å². The Morgan fingerprint density at radius 1 is 1.22 bits per heavy atom. The Labute approximate surface area is 159 Å². The van der Waals surface area contributed by atoms with Gasteiger partial charge in [0, 0.05) is 29.1 Å². The molecule has 2 aromatic heterocycles. The molecule has 0 unspecified atom stereocenters. The molecule has 10 heteroatoms. The Morgan fingerprint density at radius 3 is 2.67 bits per heavy atom. The van der Waals surface area contributed by atoms with Crippen LogP contribution in [-0.4, -0.2) is 20.3 Å². The predicted octanol–water partition coefficient (Wildman–Crippen LogP) is 3.45. The van der Waals surface area contributed by atoms with Crippen molar-refractivity contribution in [3.8, 4) is 5.69 Å². The van der Waals surface area contributed by atoms with Crippen LogP contribution in [0.15, 0.2) is 64.3 Å². The van der Waals surface area contributed by atoms with E-state index in [2.05, 4.69) is 26.3 Å². The smallest absolute Gasteiger partial charge is 0.324 e. The zero-order valence-corrected chi connectivity index (χ0v) is 15.2. The number of alkyl halides is 3. The molecule has 0 spiro atoms. The molecule has 6 nitrogen and oxygen atoms in total. The zero-order chi connectivity index (χ0) is 19.6. The van der Waals surface area contributed by atoms with E-state index in [0.717, 1.165) is 16.7 Å². The highest BCUT2D eigenvalue weighted by atomic mass is 79.9. The Balaban J connectivity index is 1.88. The fourth-order valence-corrected chi connectivity index (χ4v) is 2.79. The highest BCUT2D eigenvalue weighted by Gasteiger charge is 2.34. The summed E-state index contributed by atoms with van der Waals surface area (Å²) in [4.78, 5) is 23.9. The molecule has 0 atom stereocenters. The van der Waals surface area contributed by atoms with E-state index < -0.39 is 35.4 Å². The van der Waals surface area contributed by atoms with Gasteiger partial charge < -0.3 is 9.88 Å². The van der Waals surface area contributed by atoms with Crippen LogP contribution < -0.4 is 10.9 Å². The Kier molecular flexibility index (Phi) is 5.17. The van der Waals surface area contributed by atoms with Crippen molar-refractivity contribution in [1.82, 2.24) is 14.3 Å². The lowest BCUT2D eigenvalue weighted by atomic mass is 10.1. The van der Waals surface area contributed by atoms with E-state index >= 15 is 0 Å². The van der Waals surface area contributed by atoms with Gasteiger partial charge in [-0.1, -0.05) is 0 Å². The molecule has 0 aliphatic carbocycles. The van der Waals surface area contributed by atoms with Crippen molar-refractivity contribution in [2.75, 3.05) is 5.32 Å². The van der Waals surface area contributed by atoms with E-state index in [9.17, 15) is 22.8 Å². The average molecular weight is 441 g/mol. The van der Waals surface area contributed by atoms with Gasteiger partial charge in [0.2, 0.25) is 5.91 Å². The second-order valence-electron chi connectivity index (χ2n) is 5.54. The number of carbonyl (C=O) groups is 1. The number of nitrogens with zero attached hydrogens (tertiary/aromatic N) is 3. The summed E-state index contributed by atoms with van der Waals surface area (Å²) in [6, 6.07) is 7.79. The second-order valence-corrected chi connectivity index (χ2v) is 6.46. The first kappa shape index (κ1) is 18.9. The summed E-state index contributed by atoms with van der Waals surface area (Å²) in [6.07, 6.45) is -0.349. The summed E-state index contributed by atoms with van der Waals surface area (Å²) in [6.45, 7) is -0.420. The van der Waals surface area contributed by atoms with E-state index in [-0.39, 0.29) is 5.69 Å². The van der Waals surface area contributed by atoms with Crippen molar-refractivity contribution in [3.05, 3.63) is 75.4 Å². The molecule has 2 heterocycles. The van der Waals surface area contributed by atoms with Gasteiger partial charge in [-0.3, -0.25) is 9.59 Å². The van der Waals surface area contributed by atoms with Crippen molar-refractivity contribution < 1.29 is 18.0 Å². The van der Waals surface area contributed by atoms with Crippen LogP contribution >= 0.6 is 15.9 Å². The number of aromatic nitrogens is 3. The number of pyridine rings is 1. The van der Waals surface area contributed by atoms with Gasteiger partial charge in [0.25, 0.3) is 5.56 Å². The molecule has 0 fully saturated rings. The van der Waals surface area contributed by atoms with Gasteiger partial charge in [-0.05, 0) is 46.3 Å². The van der Waals surface area contributed by atoms with Crippen LogP contribution in [-0.2, 0) is 17.5 Å². The van der Waals surface area contributed by atoms with E-state index in [4.69, 9.17) is 0 Å². The third kappa shape index (κ3) is 4.45. The molecule has 0 bridgehead atoms.